The predicted octanol–water partition coefficient (Wildman–Crippen LogP) is 3.19. The van der Waals surface area contributed by atoms with E-state index in [0.717, 1.165) is 19.3 Å². The Morgan fingerprint density at radius 3 is 2.15 bits per heavy atom. The summed E-state index contributed by atoms with van der Waals surface area (Å²) in [5.41, 5.74) is 0.325. The first-order valence-corrected chi connectivity index (χ1v) is 6.62. The molecule has 1 atom stereocenters. The molecule has 108 valence electrons. The number of nitrogens with zero attached hydrogens (tertiary/aromatic N) is 3. The van der Waals surface area contributed by atoms with Crippen LogP contribution in [0.25, 0.3) is 0 Å². The first-order valence-electron chi connectivity index (χ1n) is 6.62. The summed E-state index contributed by atoms with van der Waals surface area (Å²) in [6.07, 6.45) is 2.83. The maximum Gasteiger partial charge on any atom is 0.299 e. The van der Waals surface area contributed by atoms with Crippen molar-refractivity contribution in [3.63, 3.8) is 0 Å². The minimum Gasteiger partial charge on any atom is -0.358 e. The van der Waals surface area contributed by atoms with Crippen LogP contribution < -0.4 is 4.90 Å². The average Bonchev–Trinajstić information content (AvgIpc) is 2.38. The van der Waals surface area contributed by atoms with Crippen molar-refractivity contribution in [1.29, 1.82) is 0 Å². The van der Waals surface area contributed by atoms with E-state index in [2.05, 4.69) is 0 Å². The Balaban J connectivity index is 2.63. The van der Waals surface area contributed by atoms with Gasteiger partial charge in [0.15, 0.2) is 5.69 Å². The third kappa shape index (κ3) is 2.56. The van der Waals surface area contributed by atoms with Crippen molar-refractivity contribution in [1.82, 2.24) is 0 Å². The highest BCUT2D eigenvalue weighted by Gasteiger charge is 2.33. The van der Waals surface area contributed by atoms with Crippen molar-refractivity contribution in [2.45, 2.75) is 39.2 Å². The molecule has 0 aromatic heterocycles. The van der Waals surface area contributed by atoms with E-state index in [-0.39, 0.29) is 23.1 Å². The number of hydrogen-bond acceptors (Lipinski definition) is 5. The SMILES string of the molecule is Cc1cc([N+](=O)[O-])c(N2CCCCC2C)c([N+](=O)[O-])c1. The third-order valence-corrected chi connectivity index (χ3v) is 3.70. The molecule has 1 saturated heterocycles. The van der Waals surface area contributed by atoms with E-state index in [1.165, 1.54) is 12.1 Å². The van der Waals surface area contributed by atoms with Crippen LogP contribution in [0.5, 0.6) is 0 Å². The van der Waals surface area contributed by atoms with Gasteiger partial charge in [-0.1, -0.05) is 0 Å². The highest BCUT2D eigenvalue weighted by Crippen LogP contribution is 2.41. The molecule has 1 heterocycles. The highest BCUT2D eigenvalue weighted by molar-refractivity contribution is 5.76. The highest BCUT2D eigenvalue weighted by atomic mass is 16.6. The smallest absolute Gasteiger partial charge is 0.299 e. The first-order chi connectivity index (χ1) is 9.41. The molecule has 1 aromatic rings. The molecule has 1 fully saturated rings. The van der Waals surface area contributed by atoms with Crippen molar-refractivity contribution in [2.75, 3.05) is 11.4 Å². The van der Waals surface area contributed by atoms with Gasteiger partial charge in [0.25, 0.3) is 11.4 Å². The summed E-state index contributed by atoms with van der Waals surface area (Å²) in [5.74, 6) is 0. The molecule has 7 heteroatoms. The summed E-state index contributed by atoms with van der Waals surface area (Å²) in [7, 11) is 0. The largest absolute Gasteiger partial charge is 0.358 e. The molecule has 0 amide bonds. The van der Waals surface area contributed by atoms with Crippen molar-refractivity contribution >= 4 is 17.1 Å². The quantitative estimate of drug-likeness (QED) is 0.626. The van der Waals surface area contributed by atoms with Crippen LogP contribution in [0, 0.1) is 27.2 Å². The molecular weight excluding hydrogens is 262 g/mol. The number of aryl methyl sites for hydroxylation is 1. The minimum absolute atomic E-state index is 0.0730. The Morgan fingerprint density at radius 2 is 1.70 bits per heavy atom. The molecule has 1 aromatic carbocycles. The lowest BCUT2D eigenvalue weighted by Gasteiger charge is -2.34. The third-order valence-electron chi connectivity index (χ3n) is 3.70. The van der Waals surface area contributed by atoms with E-state index in [1.54, 1.807) is 11.8 Å². The standard InChI is InChI=1S/C13H17N3O4/c1-9-7-11(15(17)18)13(12(8-9)16(19)20)14-6-4-3-5-10(14)2/h7-8,10H,3-6H2,1-2H3. The molecule has 7 nitrogen and oxygen atoms in total. The zero-order valence-corrected chi connectivity index (χ0v) is 11.5. The number of nitro benzene ring substituents is 2. The monoisotopic (exact) mass is 279 g/mol. The Kier molecular flexibility index (Phi) is 3.87. The van der Waals surface area contributed by atoms with Crippen LogP contribution in [0.4, 0.5) is 17.1 Å². The second-order valence-electron chi connectivity index (χ2n) is 5.20. The van der Waals surface area contributed by atoms with Crippen LogP contribution >= 0.6 is 0 Å². The Labute approximate surface area is 116 Å². The fourth-order valence-corrected chi connectivity index (χ4v) is 2.74. The van der Waals surface area contributed by atoms with E-state index < -0.39 is 9.85 Å². The molecule has 1 aliphatic rings. The van der Waals surface area contributed by atoms with Gasteiger partial charge >= 0.3 is 0 Å². The molecule has 0 bridgehead atoms. The number of nitro groups is 2. The molecular formula is C13H17N3O4. The van der Waals surface area contributed by atoms with Crippen LogP contribution in [-0.2, 0) is 0 Å². The van der Waals surface area contributed by atoms with Crippen LogP contribution in [-0.4, -0.2) is 22.4 Å². The maximum absolute atomic E-state index is 11.3. The normalized spacial score (nSPS) is 18.9. The van der Waals surface area contributed by atoms with E-state index in [1.807, 2.05) is 6.92 Å². The molecule has 1 unspecified atom stereocenters. The van der Waals surface area contributed by atoms with E-state index in [9.17, 15) is 20.2 Å². The van der Waals surface area contributed by atoms with Crippen molar-refractivity contribution in [3.8, 4) is 0 Å². The van der Waals surface area contributed by atoms with Crippen LogP contribution in [0.3, 0.4) is 0 Å². The van der Waals surface area contributed by atoms with Gasteiger partial charge in [0.2, 0.25) is 0 Å². The van der Waals surface area contributed by atoms with Gasteiger partial charge in [-0.25, -0.2) is 0 Å². The first kappa shape index (κ1) is 14.2. The van der Waals surface area contributed by atoms with Gasteiger partial charge in [-0.15, -0.1) is 0 Å². The lowest BCUT2D eigenvalue weighted by atomic mass is 10.0. The fraction of sp³-hybridized carbons (Fsp3) is 0.538. The average molecular weight is 279 g/mol. The van der Waals surface area contributed by atoms with Crippen molar-refractivity contribution < 1.29 is 9.85 Å². The number of anilines is 1. The number of hydrogen-bond donors (Lipinski definition) is 0. The Hall–Kier alpha value is -2.18. The molecule has 0 aliphatic carbocycles. The van der Waals surface area contributed by atoms with Crippen LogP contribution in [0.15, 0.2) is 12.1 Å². The Morgan fingerprint density at radius 1 is 1.15 bits per heavy atom. The molecule has 0 saturated carbocycles. The van der Waals surface area contributed by atoms with Gasteiger partial charge in [0.1, 0.15) is 0 Å². The predicted molar refractivity (Wildman–Crippen MR) is 75.1 cm³/mol. The molecule has 0 spiro atoms. The zero-order valence-electron chi connectivity index (χ0n) is 11.5. The zero-order chi connectivity index (χ0) is 14.9. The van der Waals surface area contributed by atoms with Gasteiger partial charge < -0.3 is 4.90 Å². The summed E-state index contributed by atoms with van der Waals surface area (Å²) >= 11 is 0. The summed E-state index contributed by atoms with van der Waals surface area (Å²) < 4.78 is 0. The molecule has 0 radical (unpaired) electrons. The van der Waals surface area contributed by atoms with Gasteiger partial charge in [-0.3, -0.25) is 20.2 Å². The summed E-state index contributed by atoms with van der Waals surface area (Å²) in [6, 6.07) is 2.89. The van der Waals surface area contributed by atoms with E-state index in [0.29, 0.717) is 12.1 Å². The number of piperidine rings is 1. The second-order valence-corrected chi connectivity index (χ2v) is 5.20. The number of benzene rings is 1. The van der Waals surface area contributed by atoms with Crippen LogP contribution in [0.1, 0.15) is 31.7 Å². The molecule has 1 aliphatic heterocycles. The minimum atomic E-state index is -0.531. The lowest BCUT2D eigenvalue weighted by molar-refractivity contribution is -0.392. The maximum atomic E-state index is 11.3. The molecule has 20 heavy (non-hydrogen) atoms. The van der Waals surface area contributed by atoms with E-state index >= 15 is 0 Å². The topological polar surface area (TPSA) is 89.5 Å². The Bertz CT molecular complexity index is 524. The second kappa shape index (κ2) is 5.44. The van der Waals surface area contributed by atoms with Gasteiger partial charge in [-0.2, -0.15) is 0 Å². The summed E-state index contributed by atoms with van der Waals surface area (Å²) in [6.45, 7) is 4.20. The van der Waals surface area contributed by atoms with Gasteiger partial charge in [-0.05, 0) is 38.7 Å². The number of rotatable bonds is 3. The van der Waals surface area contributed by atoms with E-state index in [4.69, 9.17) is 0 Å². The molecule has 0 N–H and O–H groups in total. The van der Waals surface area contributed by atoms with Gasteiger partial charge in [0, 0.05) is 24.7 Å². The van der Waals surface area contributed by atoms with Gasteiger partial charge in [0.05, 0.1) is 9.85 Å². The molecule has 2 rings (SSSR count). The van der Waals surface area contributed by atoms with Crippen molar-refractivity contribution in [3.05, 3.63) is 37.9 Å². The van der Waals surface area contributed by atoms with Crippen molar-refractivity contribution in [2.24, 2.45) is 0 Å². The summed E-state index contributed by atoms with van der Waals surface area (Å²) in [4.78, 5) is 23.3. The summed E-state index contributed by atoms with van der Waals surface area (Å²) in [5, 5.41) is 22.5. The van der Waals surface area contributed by atoms with Crippen LogP contribution in [0.2, 0.25) is 0 Å². The lowest BCUT2D eigenvalue weighted by Crippen LogP contribution is -2.38. The fourth-order valence-electron chi connectivity index (χ4n) is 2.74.